The average molecular weight is 284 g/mol. The minimum Gasteiger partial charge on any atom is -0.465 e. The van der Waals surface area contributed by atoms with Crippen molar-refractivity contribution in [1.29, 1.82) is 0 Å². The average Bonchev–Trinajstić information content (AvgIpc) is 2.70. The second-order valence-corrected chi connectivity index (χ2v) is 5.50. The van der Waals surface area contributed by atoms with Gasteiger partial charge in [-0.05, 0) is 12.8 Å². The lowest BCUT2D eigenvalue weighted by Crippen LogP contribution is -2.44. The number of hydrogen-bond acceptors (Lipinski definition) is 6. The monoisotopic (exact) mass is 284 g/mol. The number of carboxylic acid groups (broad SMARTS) is 1. The maximum atomic E-state index is 11.3. The number of likely N-dealkylation sites (tertiary alicyclic amines) is 1. The third kappa shape index (κ3) is 3.14. The number of thiazole rings is 1. The Labute approximate surface area is 114 Å². The van der Waals surface area contributed by atoms with Crippen molar-refractivity contribution >= 4 is 34.2 Å². The van der Waals surface area contributed by atoms with Crippen molar-refractivity contribution < 1.29 is 14.7 Å². The van der Waals surface area contributed by atoms with E-state index in [0.29, 0.717) is 23.1 Å². The summed E-state index contributed by atoms with van der Waals surface area (Å²) < 4.78 is 0. The van der Waals surface area contributed by atoms with E-state index in [1.807, 2.05) is 0 Å². The number of anilines is 2. The number of aromatic nitrogens is 1. The van der Waals surface area contributed by atoms with Crippen LogP contribution in [0.2, 0.25) is 0 Å². The van der Waals surface area contributed by atoms with Gasteiger partial charge in [-0.25, -0.2) is 9.78 Å². The molecule has 2 rings (SSSR count). The first-order valence-corrected chi connectivity index (χ1v) is 6.80. The van der Waals surface area contributed by atoms with E-state index in [1.54, 1.807) is 0 Å². The molecule has 2 heterocycles. The molecule has 1 unspecified atom stereocenters. The summed E-state index contributed by atoms with van der Waals surface area (Å²) in [6, 6.07) is 0.00945. The predicted molar refractivity (Wildman–Crippen MR) is 72.8 cm³/mol. The highest BCUT2D eigenvalue weighted by Gasteiger charge is 2.24. The van der Waals surface area contributed by atoms with Crippen LogP contribution in [0.4, 0.5) is 15.7 Å². The van der Waals surface area contributed by atoms with Crippen LogP contribution < -0.4 is 11.1 Å². The predicted octanol–water partition coefficient (Wildman–Crippen LogP) is 1.48. The molecule has 19 heavy (non-hydrogen) atoms. The number of Topliss-reactive ketones (excluding diaryl/α,β-unsaturated/α-hetero) is 1. The lowest BCUT2D eigenvalue weighted by molar-refractivity contribution is 0.102. The van der Waals surface area contributed by atoms with E-state index >= 15 is 0 Å². The first-order chi connectivity index (χ1) is 8.97. The van der Waals surface area contributed by atoms with Crippen molar-refractivity contribution in [2.75, 3.05) is 24.1 Å². The largest absolute Gasteiger partial charge is 0.465 e. The molecule has 0 bridgehead atoms. The van der Waals surface area contributed by atoms with Gasteiger partial charge >= 0.3 is 6.09 Å². The standard InChI is InChI=1S/C11H16N4O3S/c1-6(16)8-9(12)14-10(19-8)13-7-3-2-4-15(5-7)11(17)18/h7H,2-5,12H2,1H3,(H,13,14)(H,17,18). The highest BCUT2D eigenvalue weighted by molar-refractivity contribution is 7.18. The minimum absolute atomic E-state index is 0.00945. The molecule has 1 amide bonds. The van der Waals surface area contributed by atoms with E-state index in [9.17, 15) is 9.59 Å². The van der Waals surface area contributed by atoms with Crippen LogP contribution in [0.5, 0.6) is 0 Å². The molecule has 1 atom stereocenters. The molecule has 1 fully saturated rings. The van der Waals surface area contributed by atoms with Crippen molar-refractivity contribution in [3.05, 3.63) is 4.88 Å². The van der Waals surface area contributed by atoms with E-state index in [0.717, 1.165) is 12.8 Å². The Morgan fingerprint density at radius 3 is 2.89 bits per heavy atom. The van der Waals surface area contributed by atoms with Gasteiger partial charge in [0.1, 0.15) is 10.7 Å². The maximum Gasteiger partial charge on any atom is 0.407 e. The summed E-state index contributed by atoms with van der Waals surface area (Å²) in [5.74, 6) is 0.116. The molecule has 0 aliphatic carbocycles. The Morgan fingerprint density at radius 2 is 2.32 bits per heavy atom. The third-order valence-corrected chi connectivity index (χ3v) is 4.10. The molecule has 0 saturated carbocycles. The van der Waals surface area contributed by atoms with E-state index in [4.69, 9.17) is 10.8 Å². The molecule has 4 N–H and O–H groups in total. The van der Waals surface area contributed by atoms with Crippen LogP contribution in [0.1, 0.15) is 29.4 Å². The van der Waals surface area contributed by atoms with Gasteiger partial charge in [0.05, 0.1) is 0 Å². The number of nitrogens with one attached hydrogen (secondary N) is 1. The van der Waals surface area contributed by atoms with E-state index in [1.165, 1.54) is 23.2 Å². The van der Waals surface area contributed by atoms with Gasteiger partial charge in [0.25, 0.3) is 0 Å². The quantitative estimate of drug-likeness (QED) is 0.725. The number of nitrogen functional groups attached to an aromatic ring is 1. The second kappa shape index (κ2) is 5.43. The fourth-order valence-electron chi connectivity index (χ4n) is 2.09. The van der Waals surface area contributed by atoms with Gasteiger partial charge in [-0.15, -0.1) is 0 Å². The number of hydrogen-bond donors (Lipinski definition) is 3. The fraction of sp³-hybridized carbons (Fsp3) is 0.545. The summed E-state index contributed by atoms with van der Waals surface area (Å²) in [5, 5.41) is 12.7. The number of carbonyl (C=O) groups is 2. The molecule has 1 aliphatic rings. The number of piperidine rings is 1. The van der Waals surface area contributed by atoms with Crippen molar-refractivity contribution in [2.45, 2.75) is 25.8 Å². The molecule has 1 aliphatic heterocycles. The fourth-order valence-corrected chi connectivity index (χ4v) is 2.95. The number of ketones is 1. The van der Waals surface area contributed by atoms with Crippen LogP contribution in [-0.2, 0) is 0 Å². The number of nitrogens with two attached hydrogens (primary N) is 1. The Morgan fingerprint density at radius 1 is 1.58 bits per heavy atom. The topological polar surface area (TPSA) is 109 Å². The molecular formula is C11H16N4O3S. The van der Waals surface area contributed by atoms with Gasteiger partial charge in [0.15, 0.2) is 10.9 Å². The molecule has 0 radical (unpaired) electrons. The van der Waals surface area contributed by atoms with Crippen molar-refractivity contribution in [3.63, 3.8) is 0 Å². The van der Waals surface area contributed by atoms with Crippen molar-refractivity contribution in [3.8, 4) is 0 Å². The molecule has 1 aromatic heterocycles. The number of rotatable bonds is 3. The molecule has 104 valence electrons. The zero-order valence-corrected chi connectivity index (χ0v) is 11.4. The van der Waals surface area contributed by atoms with Crippen LogP contribution in [0, 0.1) is 0 Å². The van der Waals surface area contributed by atoms with Crippen LogP contribution >= 0.6 is 11.3 Å². The normalized spacial score (nSPS) is 19.2. The summed E-state index contributed by atoms with van der Waals surface area (Å²) in [6.45, 7) is 2.43. The maximum absolute atomic E-state index is 11.3. The zero-order valence-electron chi connectivity index (χ0n) is 10.5. The third-order valence-electron chi connectivity index (χ3n) is 2.99. The SMILES string of the molecule is CC(=O)c1sc(NC2CCCN(C(=O)O)C2)nc1N. The Balaban J connectivity index is 2.03. The minimum atomic E-state index is -0.908. The Hall–Kier alpha value is -1.83. The summed E-state index contributed by atoms with van der Waals surface area (Å²) in [6.07, 6.45) is 0.776. The summed E-state index contributed by atoms with van der Waals surface area (Å²) in [7, 11) is 0. The molecule has 0 aromatic carbocycles. The Bertz CT molecular complexity index is 502. The van der Waals surface area contributed by atoms with Gasteiger partial charge in [-0.3, -0.25) is 4.79 Å². The van der Waals surface area contributed by atoms with Crippen LogP contribution in [0.25, 0.3) is 0 Å². The van der Waals surface area contributed by atoms with Gasteiger partial charge in [-0.1, -0.05) is 11.3 Å². The highest BCUT2D eigenvalue weighted by atomic mass is 32.1. The molecular weight excluding hydrogens is 268 g/mol. The molecule has 7 nitrogen and oxygen atoms in total. The van der Waals surface area contributed by atoms with Gasteiger partial charge in [0, 0.05) is 26.1 Å². The first-order valence-electron chi connectivity index (χ1n) is 5.99. The lowest BCUT2D eigenvalue weighted by atomic mass is 10.1. The van der Waals surface area contributed by atoms with Crippen LogP contribution in [-0.4, -0.2) is 46.0 Å². The second-order valence-electron chi connectivity index (χ2n) is 4.50. The van der Waals surface area contributed by atoms with Crippen molar-refractivity contribution in [1.82, 2.24) is 9.88 Å². The van der Waals surface area contributed by atoms with E-state index in [-0.39, 0.29) is 17.6 Å². The van der Waals surface area contributed by atoms with Gasteiger partial charge in [-0.2, -0.15) is 0 Å². The van der Waals surface area contributed by atoms with Crippen molar-refractivity contribution in [2.24, 2.45) is 0 Å². The first kappa shape index (κ1) is 13.6. The smallest absolute Gasteiger partial charge is 0.407 e. The highest BCUT2D eigenvalue weighted by Crippen LogP contribution is 2.27. The van der Waals surface area contributed by atoms with Crippen LogP contribution in [0.15, 0.2) is 0 Å². The van der Waals surface area contributed by atoms with E-state index in [2.05, 4.69) is 10.3 Å². The number of carbonyl (C=O) groups excluding carboxylic acids is 1. The number of amides is 1. The zero-order chi connectivity index (χ0) is 14.0. The van der Waals surface area contributed by atoms with Gasteiger partial charge in [0.2, 0.25) is 0 Å². The van der Waals surface area contributed by atoms with Gasteiger partial charge < -0.3 is 21.1 Å². The van der Waals surface area contributed by atoms with E-state index < -0.39 is 6.09 Å². The lowest BCUT2D eigenvalue weighted by Gasteiger charge is -2.30. The Kier molecular flexibility index (Phi) is 3.89. The molecule has 1 aromatic rings. The summed E-state index contributed by atoms with van der Waals surface area (Å²) in [5.41, 5.74) is 5.66. The number of nitrogens with zero attached hydrogens (tertiary/aromatic N) is 2. The summed E-state index contributed by atoms with van der Waals surface area (Å²) >= 11 is 1.21. The molecule has 0 spiro atoms. The molecule has 1 saturated heterocycles. The van der Waals surface area contributed by atoms with Crippen LogP contribution in [0.3, 0.4) is 0 Å². The molecule has 8 heteroatoms. The summed E-state index contributed by atoms with van der Waals surface area (Å²) in [4.78, 5) is 28.1.